The number of hydrogen-bond acceptors (Lipinski definition) is 3. The smallest absolute Gasteiger partial charge is 0.335 e. The van der Waals surface area contributed by atoms with Crippen LogP contribution < -0.4 is 9.80 Å². The summed E-state index contributed by atoms with van der Waals surface area (Å²) in [5.41, 5.74) is 1.52. The topological polar surface area (TPSA) is 60.9 Å². The summed E-state index contributed by atoms with van der Waals surface area (Å²) in [6.45, 7) is 0.561. The number of carbonyl (C=O) groups excluding carboxylic acids is 1. The van der Waals surface area contributed by atoms with Crippen molar-refractivity contribution < 1.29 is 19.1 Å². The number of nitrogens with zero attached hydrogens (tertiary/aromatic N) is 2. The highest BCUT2D eigenvalue weighted by Crippen LogP contribution is 2.41. The van der Waals surface area contributed by atoms with Crippen molar-refractivity contribution in [1.29, 1.82) is 0 Å². The van der Waals surface area contributed by atoms with Gasteiger partial charge >= 0.3 is 5.97 Å². The van der Waals surface area contributed by atoms with Gasteiger partial charge in [-0.15, -0.1) is 0 Å². The molecule has 0 atom stereocenters. The van der Waals surface area contributed by atoms with Crippen molar-refractivity contribution in [2.24, 2.45) is 0 Å². The Morgan fingerprint density at radius 1 is 0.900 bits per heavy atom. The van der Waals surface area contributed by atoms with E-state index in [1.165, 1.54) is 29.2 Å². The third-order valence-electron chi connectivity index (χ3n) is 4.92. The molecule has 152 valence electrons. The number of fused-ring (bicyclic) bond motifs is 1. The molecule has 1 N–H and O–H groups in total. The van der Waals surface area contributed by atoms with E-state index in [1.807, 2.05) is 0 Å². The van der Waals surface area contributed by atoms with E-state index in [2.05, 4.69) is 0 Å². The Labute approximate surface area is 181 Å². The third kappa shape index (κ3) is 3.49. The maximum absolute atomic E-state index is 14.9. The summed E-state index contributed by atoms with van der Waals surface area (Å²) in [5.74, 6) is -1.96. The number of halogens is 3. The van der Waals surface area contributed by atoms with Gasteiger partial charge in [-0.3, -0.25) is 4.79 Å². The highest BCUT2D eigenvalue weighted by Gasteiger charge is 2.32. The van der Waals surface area contributed by atoms with E-state index in [4.69, 9.17) is 28.3 Å². The second-order valence-electron chi connectivity index (χ2n) is 6.66. The largest absolute Gasteiger partial charge is 0.478 e. The summed E-state index contributed by atoms with van der Waals surface area (Å²) in [6.07, 6.45) is 0. The standard InChI is InChI=1S/C22H15Cl2FN2O3/c23-15-3-1-4-16(24)19(15)21(28)27-12-11-26(20-17(25)5-2-6-18(20)27)14-9-7-13(8-10-14)22(29)30/h1-10H,11-12H2,(H,29,30). The number of aromatic carboxylic acids is 1. The van der Waals surface area contributed by atoms with Gasteiger partial charge in [0.05, 0.1) is 26.9 Å². The van der Waals surface area contributed by atoms with Crippen molar-refractivity contribution in [3.63, 3.8) is 0 Å². The summed E-state index contributed by atoms with van der Waals surface area (Å²) in [5, 5.41) is 9.54. The van der Waals surface area contributed by atoms with Gasteiger partial charge in [0, 0.05) is 18.8 Å². The molecule has 0 bridgehead atoms. The molecule has 0 spiro atoms. The highest BCUT2D eigenvalue weighted by atomic mass is 35.5. The van der Waals surface area contributed by atoms with Gasteiger partial charge in [-0.2, -0.15) is 0 Å². The van der Waals surface area contributed by atoms with Gasteiger partial charge in [0.15, 0.2) is 0 Å². The van der Waals surface area contributed by atoms with E-state index in [1.54, 1.807) is 41.3 Å². The summed E-state index contributed by atoms with van der Waals surface area (Å²) < 4.78 is 14.9. The van der Waals surface area contributed by atoms with Crippen LogP contribution in [-0.2, 0) is 0 Å². The second-order valence-corrected chi connectivity index (χ2v) is 7.48. The Morgan fingerprint density at radius 3 is 2.17 bits per heavy atom. The second kappa shape index (κ2) is 7.97. The summed E-state index contributed by atoms with van der Waals surface area (Å²) >= 11 is 12.4. The summed E-state index contributed by atoms with van der Waals surface area (Å²) in [4.78, 5) is 27.5. The van der Waals surface area contributed by atoms with Gasteiger partial charge in [0.2, 0.25) is 0 Å². The average Bonchev–Trinajstić information content (AvgIpc) is 2.73. The quantitative estimate of drug-likeness (QED) is 0.568. The lowest BCUT2D eigenvalue weighted by Gasteiger charge is -2.38. The van der Waals surface area contributed by atoms with Crippen LogP contribution in [0.1, 0.15) is 20.7 Å². The van der Waals surface area contributed by atoms with Gasteiger partial charge in [-0.25, -0.2) is 9.18 Å². The molecule has 5 nitrogen and oxygen atoms in total. The molecule has 0 fully saturated rings. The Kier molecular flexibility index (Phi) is 5.37. The van der Waals surface area contributed by atoms with Crippen LogP contribution in [0.15, 0.2) is 60.7 Å². The Hall–Kier alpha value is -3.09. The first-order valence-corrected chi connectivity index (χ1v) is 9.79. The first-order chi connectivity index (χ1) is 14.4. The van der Waals surface area contributed by atoms with Crippen LogP contribution in [0, 0.1) is 5.82 Å². The summed E-state index contributed by atoms with van der Waals surface area (Å²) in [6, 6.07) is 15.4. The zero-order valence-corrected chi connectivity index (χ0v) is 17.0. The van der Waals surface area contributed by atoms with Crippen LogP contribution in [0.4, 0.5) is 21.5 Å². The van der Waals surface area contributed by atoms with Crippen LogP contribution in [0.2, 0.25) is 10.0 Å². The van der Waals surface area contributed by atoms with Crippen LogP contribution in [0.25, 0.3) is 0 Å². The molecule has 30 heavy (non-hydrogen) atoms. The lowest BCUT2D eigenvalue weighted by Crippen LogP contribution is -2.43. The van der Waals surface area contributed by atoms with Crippen LogP contribution in [0.5, 0.6) is 0 Å². The molecule has 3 aromatic carbocycles. The highest BCUT2D eigenvalue weighted by molar-refractivity contribution is 6.40. The minimum Gasteiger partial charge on any atom is -0.478 e. The third-order valence-corrected chi connectivity index (χ3v) is 5.55. The molecule has 1 aliphatic heterocycles. The minimum absolute atomic E-state index is 0.134. The molecule has 0 aromatic heterocycles. The summed E-state index contributed by atoms with van der Waals surface area (Å²) in [7, 11) is 0. The molecule has 0 saturated carbocycles. The lowest BCUT2D eigenvalue weighted by molar-refractivity contribution is 0.0696. The van der Waals surface area contributed by atoms with Crippen LogP contribution >= 0.6 is 23.2 Å². The molecule has 8 heteroatoms. The first-order valence-electron chi connectivity index (χ1n) is 9.04. The van der Waals surface area contributed by atoms with Gasteiger partial charge in [-0.1, -0.05) is 35.3 Å². The van der Waals surface area contributed by atoms with E-state index in [9.17, 15) is 14.0 Å². The van der Waals surface area contributed by atoms with E-state index in [0.29, 0.717) is 17.9 Å². The Balaban J connectivity index is 1.77. The molecule has 0 unspecified atom stereocenters. The molecule has 1 aliphatic rings. The molecule has 4 rings (SSSR count). The first kappa shape index (κ1) is 20.2. The number of para-hydroxylation sites is 1. The Morgan fingerprint density at radius 2 is 1.53 bits per heavy atom. The number of benzene rings is 3. The fraction of sp³-hybridized carbons (Fsp3) is 0.0909. The minimum atomic E-state index is -1.04. The van der Waals surface area contributed by atoms with Crippen molar-refractivity contribution in [2.45, 2.75) is 0 Å². The SMILES string of the molecule is O=C(O)c1ccc(N2CCN(C(=O)c3c(Cl)cccc3Cl)c3cccc(F)c32)cc1. The lowest BCUT2D eigenvalue weighted by atomic mass is 10.1. The van der Waals surface area contributed by atoms with E-state index in [-0.39, 0.29) is 33.4 Å². The average molecular weight is 445 g/mol. The Bertz CT molecular complexity index is 1130. The number of rotatable bonds is 3. The molecule has 0 radical (unpaired) electrons. The van der Waals surface area contributed by atoms with Gasteiger partial charge in [0.25, 0.3) is 5.91 Å². The van der Waals surface area contributed by atoms with E-state index >= 15 is 0 Å². The number of anilines is 3. The van der Waals surface area contributed by atoms with Gasteiger partial charge in [-0.05, 0) is 48.5 Å². The van der Waals surface area contributed by atoms with Crippen molar-refractivity contribution in [2.75, 3.05) is 22.9 Å². The number of carboxylic acid groups (broad SMARTS) is 1. The molecule has 0 saturated heterocycles. The molecule has 0 aliphatic carbocycles. The maximum atomic E-state index is 14.9. The van der Waals surface area contributed by atoms with Gasteiger partial charge in [0.1, 0.15) is 11.5 Å². The van der Waals surface area contributed by atoms with Gasteiger partial charge < -0.3 is 14.9 Å². The predicted molar refractivity (Wildman–Crippen MR) is 115 cm³/mol. The molecule has 3 aromatic rings. The van der Waals surface area contributed by atoms with Crippen LogP contribution in [0.3, 0.4) is 0 Å². The number of amides is 1. The number of carboxylic acids is 1. The van der Waals surface area contributed by atoms with Crippen molar-refractivity contribution in [1.82, 2.24) is 0 Å². The van der Waals surface area contributed by atoms with Crippen LogP contribution in [-0.4, -0.2) is 30.1 Å². The van der Waals surface area contributed by atoms with Crippen molar-refractivity contribution in [3.8, 4) is 0 Å². The number of carbonyl (C=O) groups is 2. The maximum Gasteiger partial charge on any atom is 0.335 e. The monoisotopic (exact) mass is 444 g/mol. The normalized spacial score (nSPS) is 13.2. The molecule has 1 heterocycles. The van der Waals surface area contributed by atoms with E-state index in [0.717, 1.165) is 0 Å². The molecular weight excluding hydrogens is 430 g/mol. The van der Waals surface area contributed by atoms with E-state index < -0.39 is 17.7 Å². The zero-order chi connectivity index (χ0) is 21.4. The number of hydrogen-bond donors (Lipinski definition) is 1. The fourth-order valence-corrected chi connectivity index (χ4v) is 4.07. The fourth-order valence-electron chi connectivity index (χ4n) is 3.51. The zero-order valence-electron chi connectivity index (χ0n) is 15.5. The van der Waals surface area contributed by atoms with Crippen molar-refractivity contribution in [3.05, 3.63) is 87.7 Å². The van der Waals surface area contributed by atoms with Crippen molar-refractivity contribution >= 4 is 52.1 Å². The molecular formula is C22H15Cl2FN2O3. The predicted octanol–water partition coefficient (Wildman–Crippen LogP) is 5.63. The molecule has 1 amide bonds.